The first kappa shape index (κ1) is 23.6. The molecule has 6 heteroatoms. The van der Waals surface area contributed by atoms with Crippen LogP contribution in [0.4, 0.5) is 16.2 Å². The van der Waals surface area contributed by atoms with Crippen LogP contribution in [0.3, 0.4) is 0 Å². The first-order valence-corrected chi connectivity index (χ1v) is 11.9. The summed E-state index contributed by atoms with van der Waals surface area (Å²) in [5.41, 5.74) is 4.06. The Bertz CT molecular complexity index is 1240. The van der Waals surface area contributed by atoms with E-state index in [4.69, 9.17) is 9.47 Å². The number of ether oxygens (including phenoxy) is 2. The number of anilines is 2. The second-order valence-corrected chi connectivity index (χ2v) is 8.56. The number of benzene rings is 3. The molecule has 1 aliphatic rings. The lowest BCUT2D eigenvalue weighted by Crippen LogP contribution is -2.53. The quantitative estimate of drug-likeness (QED) is 0.451. The number of carbonyl (C=O) groups excluding carboxylic acids is 2. The van der Waals surface area contributed by atoms with Gasteiger partial charge in [-0.2, -0.15) is 0 Å². The number of nitrogens with zero attached hydrogens (tertiary/aromatic N) is 2. The van der Waals surface area contributed by atoms with Gasteiger partial charge in [-0.25, -0.2) is 4.79 Å². The summed E-state index contributed by atoms with van der Waals surface area (Å²) in [7, 11) is 0. The van der Waals surface area contributed by atoms with E-state index >= 15 is 0 Å². The molecule has 2 amide bonds. The van der Waals surface area contributed by atoms with Gasteiger partial charge >= 0.3 is 6.09 Å². The van der Waals surface area contributed by atoms with E-state index in [9.17, 15) is 9.59 Å². The van der Waals surface area contributed by atoms with Crippen molar-refractivity contribution in [1.29, 1.82) is 0 Å². The molecule has 3 aromatic rings. The number of rotatable bonds is 5. The molecular weight excluding hydrogens is 428 g/mol. The van der Waals surface area contributed by atoms with Crippen molar-refractivity contribution >= 4 is 34.1 Å². The third-order valence-corrected chi connectivity index (χ3v) is 6.49. The van der Waals surface area contributed by atoms with Crippen molar-refractivity contribution in [3.8, 4) is 5.75 Å². The van der Waals surface area contributed by atoms with Gasteiger partial charge in [-0.05, 0) is 74.2 Å². The van der Waals surface area contributed by atoms with Crippen molar-refractivity contribution in [2.24, 2.45) is 0 Å². The molecule has 0 bridgehead atoms. The third kappa shape index (κ3) is 4.09. The van der Waals surface area contributed by atoms with Gasteiger partial charge in [-0.15, -0.1) is 0 Å². The Morgan fingerprint density at radius 1 is 0.941 bits per heavy atom. The van der Waals surface area contributed by atoms with Crippen LogP contribution in [-0.4, -0.2) is 37.8 Å². The van der Waals surface area contributed by atoms with Crippen LogP contribution in [0.1, 0.15) is 48.7 Å². The fourth-order valence-corrected chi connectivity index (χ4v) is 4.61. The van der Waals surface area contributed by atoms with Crippen molar-refractivity contribution in [1.82, 2.24) is 0 Å². The van der Waals surface area contributed by atoms with Crippen LogP contribution in [-0.2, 0) is 4.74 Å². The Balaban J connectivity index is 1.91. The molecule has 0 aliphatic carbocycles. The van der Waals surface area contributed by atoms with Crippen molar-refractivity contribution in [2.75, 3.05) is 29.6 Å². The number of fused-ring (bicyclic) bond motifs is 2. The predicted octanol–water partition coefficient (Wildman–Crippen LogP) is 6.26. The molecule has 1 atom stereocenters. The number of hydrogen-bond donors (Lipinski definition) is 0. The maximum absolute atomic E-state index is 14.2. The van der Waals surface area contributed by atoms with Gasteiger partial charge in [-0.1, -0.05) is 37.3 Å². The maximum atomic E-state index is 14.2. The number of aryl methyl sites for hydroxylation is 2. The van der Waals surface area contributed by atoms with Gasteiger partial charge < -0.3 is 14.4 Å². The molecule has 3 aromatic carbocycles. The fraction of sp³-hybridized carbons (Fsp3) is 0.357. The average molecular weight is 461 g/mol. The van der Waals surface area contributed by atoms with Crippen LogP contribution in [0.15, 0.2) is 48.5 Å². The zero-order valence-electron chi connectivity index (χ0n) is 20.6. The maximum Gasteiger partial charge on any atom is 0.414 e. The lowest BCUT2D eigenvalue weighted by molar-refractivity contribution is 0.0979. The molecule has 0 saturated carbocycles. The largest absolute Gasteiger partial charge is 0.493 e. The van der Waals surface area contributed by atoms with E-state index in [2.05, 4.69) is 0 Å². The molecule has 0 radical (unpaired) electrons. The minimum atomic E-state index is -0.383. The zero-order valence-corrected chi connectivity index (χ0v) is 20.6. The van der Waals surface area contributed by atoms with Crippen LogP contribution < -0.4 is 14.5 Å². The van der Waals surface area contributed by atoms with Crippen LogP contribution in [0.5, 0.6) is 5.75 Å². The summed E-state index contributed by atoms with van der Waals surface area (Å²) in [6.45, 7) is 10.9. The second kappa shape index (κ2) is 9.75. The van der Waals surface area contributed by atoms with E-state index < -0.39 is 0 Å². The Kier molecular flexibility index (Phi) is 6.77. The van der Waals surface area contributed by atoms with Crippen LogP contribution in [0.25, 0.3) is 10.8 Å². The molecule has 0 N–H and O–H groups in total. The molecular formula is C28H32N2O4. The standard InChI is InChI=1S/C28H32N2O4/c1-6-21-17-29(23-15-18(4)19(5)16-24(23)30(21)28(32)34-8-3)27(31)26-22-12-10-9-11-20(22)13-14-25(26)33-7-2/h9-16,21H,6-8,17H2,1-5H3. The lowest BCUT2D eigenvalue weighted by Gasteiger charge is -2.42. The average Bonchev–Trinajstić information content (AvgIpc) is 2.83. The summed E-state index contributed by atoms with van der Waals surface area (Å²) in [4.78, 5) is 30.7. The van der Waals surface area contributed by atoms with Gasteiger partial charge in [0.2, 0.25) is 0 Å². The number of amides is 2. The molecule has 1 aliphatic heterocycles. The van der Waals surface area contributed by atoms with Crippen molar-refractivity contribution in [3.05, 3.63) is 65.2 Å². The first-order chi connectivity index (χ1) is 16.4. The van der Waals surface area contributed by atoms with Crippen molar-refractivity contribution in [3.63, 3.8) is 0 Å². The fourth-order valence-electron chi connectivity index (χ4n) is 4.61. The monoisotopic (exact) mass is 460 g/mol. The molecule has 34 heavy (non-hydrogen) atoms. The van der Waals surface area contributed by atoms with Gasteiger partial charge in [0.05, 0.1) is 36.2 Å². The number of carbonyl (C=O) groups is 2. The second-order valence-electron chi connectivity index (χ2n) is 8.56. The highest BCUT2D eigenvalue weighted by Crippen LogP contribution is 2.41. The van der Waals surface area contributed by atoms with Crippen molar-refractivity contribution in [2.45, 2.75) is 47.1 Å². The van der Waals surface area contributed by atoms with Gasteiger partial charge in [-0.3, -0.25) is 9.69 Å². The summed E-state index contributed by atoms with van der Waals surface area (Å²) < 4.78 is 11.3. The van der Waals surface area contributed by atoms with Gasteiger partial charge in [0.15, 0.2) is 0 Å². The normalized spacial score (nSPS) is 15.3. The SMILES string of the molecule is CCOC(=O)N1c2cc(C)c(C)cc2N(C(=O)c2c(OCC)ccc3ccccc23)CC1CC. The van der Waals surface area contributed by atoms with Crippen LogP contribution >= 0.6 is 0 Å². The topological polar surface area (TPSA) is 59.1 Å². The molecule has 6 nitrogen and oxygen atoms in total. The summed E-state index contributed by atoms with van der Waals surface area (Å²) >= 11 is 0. The van der Waals surface area contributed by atoms with Crippen LogP contribution in [0, 0.1) is 13.8 Å². The van der Waals surface area contributed by atoms with Crippen LogP contribution in [0.2, 0.25) is 0 Å². The van der Waals surface area contributed by atoms with E-state index in [0.717, 1.165) is 21.9 Å². The minimum Gasteiger partial charge on any atom is -0.493 e. The molecule has 1 heterocycles. The summed E-state index contributed by atoms with van der Waals surface area (Å²) in [6, 6.07) is 15.5. The molecule has 4 rings (SSSR count). The summed E-state index contributed by atoms with van der Waals surface area (Å²) in [5, 5.41) is 1.83. The highest BCUT2D eigenvalue weighted by atomic mass is 16.6. The summed E-state index contributed by atoms with van der Waals surface area (Å²) in [5.74, 6) is 0.434. The Labute approximate surface area is 201 Å². The van der Waals surface area contributed by atoms with Gasteiger partial charge in [0, 0.05) is 6.54 Å². The highest BCUT2D eigenvalue weighted by molar-refractivity contribution is 6.18. The van der Waals surface area contributed by atoms with Gasteiger partial charge in [0.25, 0.3) is 5.91 Å². The molecule has 0 saturated heterocycles. The third-order valence-electron chi connectivity index (χ3n) is 6.49. The van der Waals surface area contributed by atoms with E-state index in [1.165, 1.54) is 0 Å². The highest BCUT2D eigenvalue weighted by Gasteiger charge is 2.38. The molecule has 178 valence electrons. The Morgan fingerprint density at radius 2 is 1.65 bits per heavy atom. The molecule has 0 fully saturated rings. The summed E-state index contributed by atoms with van der Waals surface area (Å²) in [6.07, 6.45) is 0.300. The van der Waals surface area contributed by atoms with E-state index in [-0.39, 0.29) is 18.0 Å². The minimum absolute atomic E-state index is 0.133. The van der Waals surface area contributed by atoms with E-state index in [0.29, 0.717) is 48.9 Å². The zero-order chi connectivity index (χ0) is 24.4. The Morgan fingerprint density at radius 3 is 2.32 bits per heavy atom. The first-order valence-electron chi connectivity index (χ1n) is 11.9. The molecule has 0 aromatic heterocycles. The molecule has 0 spiro atoms. The van der Waals surface area contributed by atoms with E-state index in [1.54, 1.807) is 16.7 Å². The Hall–Kier alpha value is -3.54. The smallest absolute Gasteiger partial charge is 0.414 e. The van der Waals surface area contributed by atoms with Crippen molar-refractivity contribution < 1.29 is 19.1 Å². The van der Waals surface area contributed by atoms with E-state index in [1.807, 2.05) is 76.2 Å². The van der Waals surface area contributed by atoms with Gasteiger partial charge in [0.1, 0.15) is 5.75 Å². The number of hydrogen-bond acceptors (Lipinski definition) is 4. The lowest BCUT2D eigenvalue weighted by atomic mass is 9.97. The molecule has 1 unspecified atom stereocenters. The predicted molar refractivity (Wildman–Crippen MR) is 136 cm³/mol.